The first-order chi connectivity index (χ1) is 22.9. The van der Waals surface area contributed by atoms with Crippen LogP contribution in [0, 0.1) is 29.0 Å². The molecule has 2 aromatic carbocycles. The first-order valence-electron chi connectivity index (χ1n) is 18.4. The minimum Gasteiger partial charge on any atom is -0.480 e. The summed E-state index contributed by atoms with van der Waals surface area (Å²) in [6.45, 7) is 18.8. The lowest BCUT2D eigenvalue weighted by Crippen LogP contribution is -2.44. The van der Waals surface area contributed by atoms with Gasteiger partial charge in [-0.05, 0) is 93.3 Å². The van der Waals surface area contributed by atoms with Crippen molar-refractivity contribution >= 4 is 11.7 Å². The Bertz CT molecular complexity index is 1170. The summed E-state index contributed by atoms with van der Waals surface area (Å²) >= 11 is 0. The summed E-state index contributed by atoms with van der Waals surface area (Å²) in [5, 5.41) is 11.4. The Morgan fingerprint density at radius 3 is 1.92 bits per heavy atom. The molecule has 4 rings (SSSR count). The molecule has 3 atom stereocenters. The molecule has 48 heavy (non-hydrogen) atoms. The SMILES string of the molecule is CCCCC.CN=C(/C=C(\C)C1CCN(CC2CCCC2C)CC1)Cc1ccccc1.CNC(C(=O)O)C(C)(C)C.Fc1ccccc1. The van der Waals surface area contributed by atoms with Crippen molar-refractivity contribution < 1.29 is 14.3 Å². The molecule has 1 saturated carbocycles. The van der Waals surface area contributed by atoms with Crippen LogP contribution in [-0.2, 0) is 11.2 Å². The fourth-order valence-corrected chi connectivity index (χ4v) is 6.47. The molecule has 5 nitrogen and oxygen atoms in total. The number of benzene rings is 2. The summed E-state index contributed by atoms with van der Waals surface area (Å²) in [4.78, 5) is 17.8. The lowest BCUT2D eigenvalue weighted by atomic mass is 9.87. The van der Waals surface area contributed by atoms with E-state index in [0.29, 0.717) is 0 Å². The summed E-state index contributed by atoms with van der Waals surface area (Å²) < 4.78 is 11.9. The second-order valence-corrected chi connectivity index (χ2v) is 14.6. The van der Waals surface area contributed by atoms with E-state index in [-0.39, 0.29) is 11.2 Å². The number of likely N-dealkylation sites (tertiary alicyclic amines) is 1. The van der Waals surface area contributed by atoms with Crippen molar-refractivity contribution in [3.63, 3.8) is 0 Å². The predicted molar refractivity (Wildman–Crippen MR) is 204 cm³/mol. The highest BCUT2D eigenvalue weighted by atomic mass is 19.1. The normalized spacial score (nSPS) is 19.5. The van der Waals surface area contributed by atoms with Crippen LogP contribution < -0.4 is 5.32 Å². The number of nitrogens with one attached hydrogen (secondary N) is 1. The smallest absolute Gasteiger partial charge is 0.321 e. The Hall–Kier alpha value is -2.83. The van der Waals surface area contributed by atoms with Crippen LogP contribution in [-0.4, -0.2) is 61.5 Å². The number of halogens is 1. The van der Waals surface area contributed by atoms with E-state index >= 15 is 0 Å². The van der Waals surface area contributed by atoms with Gasteiger partial charge in [-0.15, -0.1) is 0 Å². The Labute approximate surface area is 293 Å². The number of piperidine rings is 1. The van der Waals surface area contributed by atoms with Crippen LogP contribution in [0.15, 0.2) is 77.3 Å². The third-order valence-electron chi connectivity index (χ3n) is 9.51. The maximum absolute atomic E-state index is 11.9. The van der Waals surface area contributed by atoms with Crippen LogP contribution in [0.5, 0.6) is 0 Å². The molecule has 0 radical (unpaired) electrons. The Kier molecular flexibility index (Phi) is 21.9. The van der Waals surface area contributed by atoms with Gasteiger partial charge in [-0.25, -0.2) is 4.39 Å². The average molecular weight is 666 g/mol. The van der Waals surface area contributed by atoms with Crippen LogP contribution in [0.2, 0.25) is 0 Å². The lowest BCUT2D eigenvalue weighted by Gasteiger charge is -2.35. The number of carboxylic acids is 1. The van der Waals surface area contributed by atoms with Gasteiger partial charge in [0.25, 0.3) is 0 Å². The van der Waals surface area contributed by atoms with Gasteiger partial charge in [0.2, 0.25) is 0 Å². The fraction of sp³-hybridized carbons (Fsp3) is 0.619. The van der Waals surface area contributed by atoms with Crippen molar-refractivity contribution in [1.29, 1.82) is 0 Å². The molecule has 0 amide bonds. The van der Waals surface area contributed by atoms with Gasteiger partial charge in [-0.2, -0.15) is 0 Å². The Morgan fingerprint density at radius 2 is 1.56 bits per heavy atom. The third-order valence-corrected chi connectivity index (χ3v) is 9.51. The van der Waals surface area contributed by atoms with Crippen molar-refractivity contribution in [3.05, 3.63) is 83.7 Å². The number of carbonyl (C=O) groups is 1. The fourth-order valence-electron chi connectivity index (χ4n) is 6.47. The Morgan fingerprint density at radius 1 is 1.00 bits per heavy atom. The summed E-state index contributed by atoms with van der Waals surface area (Å²) in [6, 6.07) is 18.2. The average Bonchev–Trinajstić information content (AvgIpc) is 3.46. The van der Waals surface area contributed by atoms with Gasteiger partial charge in [0.1, 0.15) is 11.9 Å². The molecule has 2 N–H and O–H groups in total. The van der Waals surface area contributed by atoms with Crippen molar-refractivity contribution in [2.45, 2.75) is 112 Å². The number of carboxylic acid groups (broad SMARTS) is 1. The Balaban J connectivity index is 0.000000426. The number of likely N-dealkylation sites (N-methyl/N-ethyl adjacent to an activating group) is 1. The van der Waals surface area contributed by atoms with E-state index in [9.17, 15) is 9.18 Å². The summed E-state index contributed by atoms with van der Waals surface area (Å²) in [7, 11) is 3.58. The highest BCUT2D eigenvalue weighted by Crippen LogP contribution is 2.33. The van der Waals surface area contributed by atoms with Crippen LogP contribution in [0.3, 0.4) is 0 Å². The molecule has 0 aromatic heterocycles. The molecule has 2 fully saturated rings. The van der Waals surface area contributed by atoms with Gasteiger partial charge < -0.3 is 15.3 Å². The molecule has 1 aliphatic carbocycles. The summed E-state index contributed by atoms with van der Waals surface area (Å²) in [6.07, 6.45) is 14.3. The second kappa shape index (κ2) is 24.3. The van der Waals surface area contributed by atoms with Crippen LogP contribution in [0.25, 0.3) is 0 Å². The quantitative estimate of drug-likeness (QED) is 0.248. The molecule has 6 heteroatoms. The van der Waals surface area contributed by atoms with Crippen molar-refractivity contribution in [2.24, 2.45) is 28.2 Å². The van der Waals surface area contributed by atoms with E-state index in [1.807, 2.05) is 27.8 Å². The molecule has 1 aliphatic heterocycles. The molecule has 2 aliphatic rings. The molecule has 0 spiro atoms. The molecule has 1 heterocycles. The topological polar surface area (TPSA) is 64.9 Å². The van der Waals surface area contributed by atoms with E-state index in [0.717, 1.165) is 24.2 Å². The van der Waals surface area contributed by atoms with Crippen LogP contribution >= 0.6 is 0 Å². The van der Waals surface area contributed by atoms with E-state index < -0.39 is 12.0 Å². The molecule has 270 valence electrons. The highest BCUT2D eigenvalue weighted by Gasteiger charge is 2.29. The van der Waals surface area contributed by atoms with Gasteiger partial charge in [0, 0.05) is 25.7 Å². The second-order valence-electron chi connectivity index (χ2n) is 14.6. The van der Waals surface area contributed by atoms with E-state index in [1.165, 1.54) is 100.0 Å². The zero-order valence-corrected chi connectivity index (χ0v) is 31.8. The number of hydrogen-bond donors (Lipinski definition) is 2. The van der Waals surface area contributed by atoms with Gasteiger partial charge >= 0.3 is 5.97 Å². The zero-order chi connectivity index (χ0) is 36.0. The lowest BCUT2D eigenvalue weighted by molar-refractivity contribution is -0.142. The standard InChI is InChI=1S/C24H36N2.C7H15NO2.C6H5F.C5H12/c1-19-8-7-11-23(19)18-26-14-12-22(13-15-26)20(2)16-24(25-3)17-21-9-5-4-6-10-21;1-7(2,3)5(8-4)6(9)10;7-6-4-2-1-3-5-6;1-3-5-4-2/h4-6,9-10,16,19,22-23H,7-8,11-15,17-18H2,1-3H3;5,8H,1-4H3,(H,9,10);1-5H;3-5H2,1-2H3/b20-16+,25-24?;;;. The number of unbranched alkanes of at least 4 members (excludes halogenated alkanes) is 2. The number of rotatable bonds is 10. The molecule has 1 saturated heterocycles. The number of aliphatic carboxylic acids is 1. The monoisotopic (exact) mass is 666 g/mol. The molecule has 2 aromatic rings. The summed E-state index contributed by atoms with van der Waals surface area (Å²) in [5.41, 5.74) is 3.85. The van der Waals surface area contributed by atoms with E-state index in [2.05, 4.69) is 79.3 Å². The summed E-state index contributed by atoms with van der Waals surface area (Å²) in [5.74, 6) is 1.65. The molecular formula is C42H68FN3O2. The molecular weight excluding hydrogens is 597 g/mol. The maximum atomic E-state index is 11.9. The molecule has 3 unspecified atom stereocenters. The maximum Gasteiger partial charge on any atom is 0.321 e. The highest BCUT2D eigenvalue weighted by molar-refractivity contribution is 5.97. The zero-order valence-electron chi connectivity index (χ0n) is 31.8. The van der Waals surface area contributed by atoms with Gasteiger partial charge in [-0.1, -0.05) is 128 Å². The van der Waals surface area contributed by atoms with Crippen molar-refractivity contribution in [2.75, 3.05) is 33.7 Å². The number of nitrogens with zero attached hydrogens (tertiary/aromatic N) is 2. The van der Waals surface area contributed by atoms with E-state index in [1.54, 1.807) is 25.2 Å². The van der Waals surface area contributed by atoms with Crippen molar-refractivity contribution in [1.82, 2.24) is 10.2 Å². The minimum absolute atomic E-state index is 0.178. The number of allylic oxidation sites excluding steroid dienone is 2. The van der Waals surface area contributed by atoms with Gasteiger partial charge in [-0.3, -0.25) is 9.79 Å². The van der Waals surface area contributed by atoms with Crippen LogP contribution in [0.4, 0.5) is 4.39 Å². The minimum atomic E-state index is -0.796. The number of aliphatic imine (C=N–C) groups is 1. The largest absolute Gasteiger partial charge is 0.480 e. The third kappa shape index (κ3) is 18.1. The predicted octanol–water partition coefficient (Wildman–Crippen LogP) is 10.1. The first kappa shape index (κ1) is 43.2. The van der Waals surface area contributed by atoms with E-state index in [4.69, 9.17) is 5.11 Å². The molecule has 0 bridgehead atoms. The van der Waals surface area contributed by atoms with Crippen molar-refractivity contribution in [3.8, 4) is 0 Å². The number of hydrogen-bond acceptors (Lipinski definition) is 4. The van der Waals surface area contributed by atoms with Gasteiger partial charge in [0.05, 0.1) is 0 Å². The first-order valence-corrected chi connectivity index (χ1v) is 18.4. The van der Waals surface area contributed by atoms with Crippen LogP contribution in [0.1, 0.15) is 105 Å². The van der Waals surface area contributed by atoms with Gasteiger partial charge in [0.15, 0.2) is 0 Å².